The van der Waals surface area contributed by atoms with Crippen LogP contribution in [0.3, 0.4) is 0 Å². The molecule has 2 aliphatic heterocycles. The number of ether oxygens (including phenoxy) is 3. The van der Waals surface area contributed by atoms with Crippen molar-refractivity contribution in [1.29, 1.82) is 0 Å². The lowest BCUT2D eigenvalue weighted by Gasteiger charge is -2.34. The van der Waals surface area contributed by atoms with Crippen LogP contribution in [-0.4, -0.2) is 63.7 Å². The molecule has 3 heterocycles. The summed E-state index contributed by atoms with van der Waals surface area (Å²) in [6.07, 6.45) is -0.425. The molecule has 1 atom stereocenters. The Bertz CT molecular complexity index is 1070. The molecule has 2 aliphatic rings. The maximum absolute atomic E-state index is 13.3. The van der Waals surface area contributed by atoms with Crippen LogP contribution < -0.4 is 20.1 Å². The van der Waals surface area contributed by atoms with Gasteiger partial charge in [-0.05, 0) is 30.0 Å². The van der Waals surface area contributed by atoms with E-state index in [0.29, 0.717) is 37.7 Å². The fourth-order valence-corrected chi connectivity index (χ4v) is 5.57. The third-order valence-electron chi connectivity index (χ3n) is 4.92. The van der Waals surface area contributed by atoms with Crippen LogP contribution in [0.2, 0.25) is 0 Å². The van der Waals surface area contributed by atoms with E-state index in [0.717, 1.165) is 4.88 Å². The van der Waals surface area contributed by atoms with E-state index < -0.39 is 28.1 Å². The predicted octanol–water partition coefficient (Wildman–Crippen LogP) is 0.689. The Balaban J connectivity index is 1.40. The Morgan fingerprint density at radius 1 is 1.06 bits per heavy atom. The maximum atomic E-state index is 13.3. The van der Waals surface area contributed by atoms with Gasteiger partial charge in [-0.3, -0.25) is 9.59 Å². The lowest BCUT2D eigenvalue weighted by molar-refractivity contribution is -0.140. The first-order valence-corrected chi connectivity index (χ1v) is 12.4. The summed E-state index contributed by atoms with van der Waals surface area (Å²) < 4.78 is 44.2. The van der Waals surface area contributed by atoms with Gasteiger partial charge in [-0.15, -0.1) is 11.3 Å². The summed E-state index contributed by atoms with van der Waals surface area (Å²) in [6, 6.07) is 8.13. The quantitative estimate of drug-likeness (QED) is 0.582. The minimum absolute atomic E-state index is 0.0391. The van der Waals surface area contributed by atoms with Gasteiger partial charge in [0.25, 0.3) is 0 Å². The second-order valence-electron chi connectivity index (χ2n) is 7.07. The summed E-state index contributed by atoms with van der Waals surface area (Å²) in [5.74, 6) is -0.798. The van der Waals surface area contributed by atoms with Crippen molar-refractivity contribution >= 4 is 33.2 Å². The number of nitrogens with one attached hydrogen (secondary N) is 2. The zero-order valence-corrected chi connectivity index (χ0v) is 18.7. The van der Waals surface area contributed by atoms with Gasteiger partial charge in [0, 0.05) is 17.5 Å². The lowest BCUT2D eigenvalue weighted by Crippen LogP contribution is -2.53. The number of rotatable bonds is 6. The van der Waals surface area contributed by atoms with E-state index in [4.69, 9.17) is 14.2 Å². The number of fused-ring (bicyclic) bond motifs is 1. The van der Waals surface area contributed by atoms with Crippen LogP contribution >= 0.6 is 11.3 Å². The van der Waals surface area contributed by atoms with Crippen LogP contribution in [0.5, 0.6) is 11.5 Å². The van der Waals surface area contributed by atoms with Gasteiger partial charge in [0.1, 0.15) is 19.4 Å². The predicted molar refractivity (Wildman–Crippen MR) is 115 cm³/mol. The van der Waals surface area contributed by atoms with Crippen molar-refractivity contribution in [3.63, 3.8) is 0 Å². The summed E-state index contributed by atoms with van der Waals surface area (Å²) in [4.78, 5) is 25.1. The van der Waals surface area contributed by atoms with Crippen molar-refractivity contribution in [1.82, 2.24) is 14.9 Å². The summed E-state index contributed by atoms with van der Waals surface area (Å²) in [5, 5.41) is 6.87. The van der Waals surface area contributed by atoms with Gasteiger partial charge in [0.2, 0.25) is 10.0 Å². The Morgan fingerprint density at radius 2 is 1.84 bits per heavy atom. The van der Waals surface area contributed by atoms with E-state index >= 15 is 0 Å². The normalized spacial score (nSPS) is 18.7. The molecular formula is C20H23N3O7S2. The van der Waals surface area contributed by atoms with Gasteiger partial charge < -0.3 is 24.8 Å². The van der Waals surface area contributed by atoms with Crippen molar-refractivity contribution in [2.75, 3.05) is 32.9 Å². The zero-order chi connectivity index (χ0) is 22.6. The molecule has 2 amide bonds. The van der Waals surface area contributed by atoms with E-state index in [1.807, 2.05) is 17.5 Å². The lowest BCUT2D eigenvalue weighted by atomic mass is 10.3. The number of hydrogen-bond donors (Lipinski definition) is 2. The highest BCUT2D eigenvalue weighted by Crippen LogP contribution is 2.34. The number of amides is 2. The minimum Gasteiger partial charge on any atom is -0.486 e. The number of carbonyl (C=O) groups is 2. The third-order valence-corrected chi connectivity index (χ3v) is 7.68. The van der Waals surface area contributed by atoms with Gasteiger partial charge in [0.15, 0.2) is 11.5 Å². The Labute approximate surface area is 189 Å². The van der Waals surface area contributed by atoms with Crippen LogP contribution in [0.15, 0.2) is 40.6 Å². The van der Waals surface area contributed by atoms with Crippen LogP contribution in [-0.2, 0) is 30.9 Å². The SMILES string of the molecule is O=C(NCc1cccs1)C(=O)NCC1OCCCN1S(=O)(=O)c1ccc2c(c1)OCCO2. The van der Waals surface area contributed by atoms with Crippen molar-refractivity contribution in [2.24, 2.45) is 0 Å². The Kier molecular flexibility index (Phi) is 6.94. The molecular weight excluding hydrogens is 458 g/mol. The van der Waals surface area contributed by atoms with Crippen molar-refractivity contribution in [2.45, 2.75) is 24.1 Å². The number of thiophene rings is 1. The van der Waals surface area contributed by atoms with Crippen LogP contribution in [0.25, 0.3) is 0 Å². The molecule has 0 aliphatic carbocycles. The van der Waals surface area contributed by atoms with E-state index in [1.165, 1.54) is 27.8 Å². The number of sulfonamides is 1. The monoisotopic (exact) mass is 481 g/mol. The van der Waals surface area contributed by atoms with Crippen LogP contribution in [0.4, 0.5) is 0 Å². The molecule has 2 N–H and O–H groups in total. The minimum atomic E-state index is -3.93. The average molecular weight is 482 g/mol. The van der Waals surface area contributed by atoms with E-state index in [2.05, 4.69) is 10.6 Å². The zero-order valence-electron chi connectivity index (χ0n) is 17.1. The third kappa shape index (κ3) is 5.04. The van der Waals surface area contributed by atoms with Crippen molar-refractivity contribution in [3.8, 4) is 11.5 Å². The van der Waals surface area contributed by atoms with Crippen molar-refractivity contribution in [3.05, 3.63) is 40.6 Å². The molecule has 32 heavy (non-hydrogen) atoms. The fourth-order valence-electron chi connectivity index (χ4n) is 3.34. The fraction of sp³-hybridized carbons (Fsp3) is 0.400. The molecule has 1 aromatic carbocycles. The first-order valence-electron chi connectivity index (χ1n) is 10.1. The van der Waals surface area contributed by atoms with Gasteiger partial charge in [-0.2, -0.15) is 4.31 Å². The maximum Gasteiger partial charge on any atom is 0.309 e. The largest absolute Gasteiger partial charge is 0.486 e. The number of benzene rings is 1. The number of hydrogen-bond acceptors (Lipinski definition) is 8. The summed E-state index contributed by atoms with van der Waals surface area (Å²) >= 11 is 1.47. The number of nitrogens with zero attached hydrogens (tertiary/aromatic N) is 1. The number of carbonyl (C=O) groups excluding carboxylic acids is 2. The summed E-state index contributed by atoms with van der Waals surface area (Å²) in [7, 11) is -3.93. The molecule has 0 bridgehead atoms. The summed E-state index contributed by atoms with van der Waals surface area (Å²) in [5.41, 5.74) is 0. The molecule has 4 rings (SSSR count). The van der Waals surface area contributed by atoms with Gasteiger partial charge in [-0.25, -0.2) is 8.42 Å². The van der Waals surface area contributed by atoms with Crippen LogP contribution in [0.1, 0.15) is 11.3 Å². The molecule has 0 saturated carbocycles. The second-order valence-corrected chi connectivity index (χ2v) is 10.00. The molecule has 1 unspecified atom stereocenters. The topological polar surface area (TPSA) is 123 Å². The molecule has 0 radical (unpaired) electrons. The average Bonchev–Trinajstić information content (AvgIpc) is 3.34. The van der Waals surface area contributed by atoms with Gasteiger partial charge in [-0.1, -0.05) is 6.07 Å². The van der Waals surface area contributed by atoms with E-state index in [1.54, 1.807) is 6.07 Å². The smallest absolute Gasteiger partial charge is 0.309 e. The Hall–Kier alpha value is -2.67. The highest BCUT2D eigenvalue weighted by Gasteiger charge is 2.35. The van der Waals surface area contributed by atoms with Crippen molar-refractivity contribution < 1.29 is 32.2 Å². The second kappa shape index (κ2) is 9.86. The highest BCUT2D eigenvalue weighted by molar-refractivity contribution is 7.89. The van der Waals surface area contributed by atoms with Crippen LogP contribution in [0, 0.1) is 0 Å². The molecule has 2 aromatic rings. The molecule has 1 aromatic heterocycles. The van der Waals surface area contributed by atoms with E-state index in [9.17, 15) is 18.0 Å². The Morgan fingerprint density at radius 3 is 2.62 bits per heavy atom. The highest BCUT2D eigenvalue weighted by atomic mass is 32.2. The molecule has 172 valence electrons. The summed E-state index contributed by atoms with van der Waals surface area (Å²) in [6.45, 7) is 1.40. The molecule has 1 saturated heterocycles. The first-order chi connectivity index (χ1) is 15.4. The molecule has 0 spiro atoms. The molecule has 10 nitrogen and oxygen atoms in total. The first kappa shape index (κ1) is 22.5. The standard InChI is InChI=1S/C20H23N3O7S2/c24-19(21-12-14-3-1-10-31-14)20(25)22-13-18-23(6-2-7-30-18)32(26,27)15-4-5-16-17(11-15)29-9-8-28-16/h1,3-5,10-11,18H,2,6-9,12-13H2,(H,21,24)(H,22,25). The van der Waals surface area contributed by atoms with Gasteiger partial charge in [0.05, 0.1) is 24.6 Å². The van der Waals surface area contributed by atoms with E-state index in [-0.39, 0.29) is 24.5 Å². The van der Waals surface area contributed by atoms with Gasteiger partial charge >= 0.3 is 11.8 Å². The molecule has 1 fully saturated rings. The molecule has 12 heteroatoms.